The van der Waals surface area contributed by atoms with Crippen LogP contribution in [0.1, 0.15) is 30.4 Å². The molecule has 2 aromatic rings. The molecule has 1 N–H and O–H groups in total. The van der Waals surface area contributed by atoms with Crippen molar-refractivity contribution in [3.05, 3.63) is 82.1 Å². The van der Waals surface area contributed by atoms with Gasteiger partial charge in [-0.3, -0.25) is 4.79 Å². The number of pyridine rings is 1. The van der Waals surface area contributed by atoms with Crippen LogP contribution in [0.3, 0.4) is 0 Å². The van der Waals surface area contributed by atoms with Crippen molar-refractivity contribution in [1.82, 2.24) is 4.98 Å². The van der Waals surface area contributed by atoms with Crippen molar-refractivity contribution in [1.29, 1.82) is 0 Å². The van der Waals surface area contributed by atoms with E-state index >= 15 is 0 Å². The SMILES string of the molecule is Cc1cc(Cl)cc(C)c1-c1cccc(OC=C2C=CC(CCC(=O)O)=CC2)n1. The van der Waals surface area contributed by atoms with E-state index in [9.17, 15) is 4.79 Å². The number of hydrogen-bond acceptors (Lipinski definition) is 3. The molecule has 0 aliphatic heterocycles. The van der Waals surface area contributed by atoms with Crippen molar-refractivity contribution in [2.45, 2.75) is 33.1 Å². The number of rotatable bonds is 6. The molecule has 3 rings (SSSR count). The first kappa shape index (κ1) is 19.9. The van der Waals surface area contributed by atoms with Crippen LogP contribution in [-0.4, -0.2) is 16.1 Å². The monoisotopic (exact) mass is 395 g/mol. The molecule has 4 nitrogen and oxygen atoms in total. The van der Waals surface area contributed by atoms with Gasteiger partial charge >= 0.3 is 5.97 Å². The van der Waals surface area contributed by atoms with E-state index in [-0.39, 0.29) is 6.42 Å². The molecule has 0 radical (unpaired) electrons. The number of nitrogens with zero attached hydrogens (tertiary/aromatic N) is 1. The molecule has 0 amide bonds. The second-order valence-electron chi connectivity index (χ2n) is 6.80. The summed E-state index contributed by atoms with van der Waals surface area (Å²) < 4.78 is 5.77. The Morgan fingerprint density at radius 3 is 2.64 bits per heavy atom. The summed E-state index contributed by atoms with van der Waals surface area (Å²) in [6, 6.07) is 9.57. The quantitative estimate of drug-likeness (QED) is 0.606. The number of halogens is 1. The maximum Gasteiger partial charge on any atom is 0.303 e. The molecular formula is C23H22ClNO3. The van der Waals surface area contributed by atoms with Crippen LogP contribution in [0.4, 0.5) is 0 Å². The van der Waals surface area contributed by atoms with Crippen LogP contribution in [0.25, 0.3) is 11.3 Å². The van der Waals surface area contributed by atoms with E-state index in [1.54, 1.807) is 6.26 Å². The maximum absolute atomic E-state index is 10.7. The molecule has 5 heteroatoms. The topological polar surface area (TPSA) is 59.4 Å². The van der Waals surface area contributed by atoms with Gasteiger partial charge in [0.15, 0.2) is 0 Å². The molecule has 0 saturated carbocycles. The highest BCUT2D eigenvalue weighted by molar-refractivity contribution is 6.30. The van der Waals surface area contributed by atoms with E-state index in [1.165, 1.54) is 0 Å². The number of carbonyl (C=O) groups is 1. The molecule has 1 aliphatic rings. The Hall–Kier alpha value is -2.85. The number of aliphatic carboxylic acids is 1. The number of carboxylic acids is 1. The van der Waals surface area contributed by atoms with Gasteiger partial charge in [0.25, 0.3) is 0 Å². The summed E-state index contributed by atoms with van der Waals surface area (Å²) in [7, 11) is 0. The van der Waals surface area contributed by atoms with Crippen LogP contribution >= 0.6 is 11.6 Å². The Morgan fingerprint density at radius 1 is 1.25 bits per heavy atom. The van der Waals surface area contributed by atoms with Crippen molar-refractivity contribution in [2.24, 2.45) is 0 Å². The zero-order valence-corrected chi connectivity index (χ0v) is 16.7. The summed E-state index contributed by atoms with van der Waals surface area (Å²) in [5.41, 5.74) is 6.09. The van der Waals surface area contributed by atoms with Gasteiger partial charge in [-0.25, -0.2) is 4.98 Å². The largest absolute Gasteiger partial charge is 0.481 e. The Balaban J connectivity index is 1.71. The van der Waals surface area contributed by atoms with E-state index in [0.29, 0.717) is 18.7 Å². The predicted octanol–water partition coefficient (Wildman–Crippen LogP) is 6.03. The number of allylic oxidation sites excluding steroid dienone is 5. The van der Waals surface area contributed by atoms with Gasteiger partial charge in [0, 0.05) is 23.1 Å². The molecule has 28 heavy (non-hydrogen) atoms. The Kier molecular flexibility index (Phi) is 6.32. The van der Waals surface area contributed by atoms with Gasteiger partial charge in [-0.1, -0.05) is 41.5 Å². The van der Waals surface area contributed by atoms with Gasteiger partial charge in [0.2, 0.25) is 5.88 Å². The van der Waals surface area contributed by atoms with Gasteiger partial charge in [0.05, 0.1) is 12.0 Å². The number of carboxylic acid groups (broad SMARTS) is 1. The van der Waals surface area contributed by atoms with Crippen molar-refractivity contribution in [2.75, 3.05) is 0 Å². The summed E-state index contributed by atoms with van der Waals surface area (Å²) in [6.07, 6.45) is 9.01. The maximum atomic E-state index is 10.7. The number of aryl methyl sites for hydroxylation is 2. The zero-order valence-electron chi connectivity index (χ0n) is 15.9. The third-order valence-corrected chi connectivity index (χ3v) is 4.77. The van der Waals surface area contributed by atoms with Gasteiger partial charge in [-0.2, -0.15) is 0 Å². The summed E-state index contributed by atoms with van der Waals surface area (Å²) >= 11 is 6.13. The lowest BCUT2D eigenvalue weighted by molar-refractivity contribution is -0.136. The molecule has 144 valence electrons. The van der Waals surface area contributed by atoms with E-state index in [4.69, 9.17) is 21.4 Å². The average molecular weight is 396 g/mol. The first-order chi connectivity index (χ1) is 13.4. The van der Waals surface area contributed by atoms with Crippen LogP contribution in [0.5, 0.6) is 5.88 Å². The van der Waals surface area contributed by atoms with Crippen LogP contribution in [0, 0.1) is 13.8 Å². The molecule has 1 heterocycles. The number of aromatic nitrogens is 1. The van der Waals surface area contributed by atoms with Crippen molar-refractivity contribution in [3.8, 4) is 17.1 Å². The van der Waals surface area contributed by atoms with Gasteiger partial charge < -0.3 is 9.84 Å². The number of benzene rings is 1. The molecule has 0 spiro atoms. The minimum absolute atomic E-state index is 0.145. The highest BCUT2D eigenvalue weighted by Crippen LogP contribution is 2.30. The highest BCUT2D eigenvalue weighted by Gasteiger charge is 2.10. The lowest BCUT2D eigenvalue weighted by Crippen LogP contribution is -1.97. The molecule has 1 aromatic carbocycles. The van der Waals surface area contributed by atoms with Crippen molar-refractivity contribution < 1.29 is 14.6 Å². The molecular weight excluding hydrogens is 374 g/mol. The minimum atomic E-state index is -0.781. The van der Waals surface area contributed by atoms with Crippen LogP contribution in [0.2, 0.25) is 5.02 Å². The Bertz CT molecular complexity index is 966. The van der Waals surface area contributed by atoms with Crippen molar-refractivity contribution >= 4 is 17.6 Å². The molecule has 0 fully saturated rings. The van der Waals surface area contributed by atoms with Gasteiger partial charge in [0.1, 0.15) is 0 Å². The van der Waals surface area contributed by atoms with Crippen LogP contribution in [0.15, 0.2) is 66.0 Å². The van der Waals surface area contributed by atoms with E-state index < -0.39 is 5.97 Å². The van der Waals surface area contributed by atoms with E-state index in [1.807, 2.05) is 62.4 Å². The fourth-order valence-electron chi connectivity index (χ4n) is 3.19. The molecule has 1 aromatic heterocycles. The normalized spacial score (nSPS) is 14.8. The molecule has 0 bridgehead atoms. The summed E-state index contributed by atoms with van der Waals surface area (Å²) in [4.78, 5) is 15.3. The zero-order chi connectivity index (χ0) is 20.1. The standard InChI is InChI=1S/C23H22ClNO3/c1-15-12-19(24)13-16(2)23(15)20-4-3-5-21(25-20)28-14-18-8-6-17(7-9-18)10-11-22(26)27/h3-8,12-14H,9-11H2,1-2H3,(H,26,27). The van der Waals surface area contributed by atoms with E-state index in [0.717, 1.165) is 38.6 Å². The lowest BCUT2D eigenvalue weighted by Gasteiger charge is -2.12. The van der Waals surface area contributed by atoms with Crippen LogP contribution in [-0.2, 0) is 4.79 Å². The summed E-state index contributed by atoms with van der Waals surface area (Å²) in [5.74, 6) is -0.260. The fraction of sp³-hybridized carbons (Fsp3) is 0.217. The third-order valence-electron chi connectivity index (χ3n) is 4.55. The second-order valence-corrected chi connectivity index (χ2v) is 7.23. The second kappa shape index (κ2) is 8.89. The van der Waals surface area contributed by atoms with Crippen molar-refractivity contribution in [3.63, 3.8) is 0 Å². The van der Waals surface area contributed by atoms with Gasteiger partial charge in [-0.05, 0) is 61.6 Å². The fourth-order valence-corrected chi connectivity index (χ4v) is 3.52. The summed E-state index contributed by atoms with van der Waals surface area (Å²) in [6.45, 7) is 4.04. The van der Waals surface area contributed by atoms with Gasteiger partial charge in [-0.15, -0.1) is 0 Å². The molecule has 0 saturated heterocycles. The first-order valence-electron chi connectivity index (χ1n) is 9.11. The predicted molar refractivity (Wildman–Crippen MR) is 112 cm³/mol. The average Bonchev–Trinajstić information content (AvgIpc) is 2.65. The number of ether oxygens (including phenoxy) is 1. The summed E-state index contributed by atoms with van der Waals surface area (Å²) in [5, 5.41) is 9.48. The lowest BCUT2D eigenvalue weighted by atomic mass is 9.99. The van der Waals surface area contributed by atoms with E-state index in [2.05, 4.69) is 4.98 Å². The highest BCUT2D eigenvalue weighted by atomic mass is 35.5. The minimum Gasteiger partial charge on any atom is -0.481 e. The first-order valence-corrected chi connectivity index (χ1v) is 9.49. The molecule has 0 unspecified atom stereocenters. The third kappa shape index (κ3) is 5.11. The Labute approximate surface area is 169 Å². The van der Waals surface area contributed by atoms with Crippen LogP contribution < -0.4 is 4.74 Å². The molecule has 0 atom stereocenters. The molecule has 1 aliphatic carbocycles. The number of hydrogen-bond donors (Lipinski definition) is 1. The smallest absolute Gasteiger partial charge is 0.303 e. The Morgan fingerprint density at radius 2 is 2.00 bits per heavy atom.